The van der Waals surface area contributed by atoms with Crippen molar-refractivity contribution < 1.29 is 9.13 Å². The summed E-state index contributed by atoms with van der Waals surface area (Å²) in [6, 6.07) is 18.3. The predicted molar refractivity (Wildman–Crippen MR) is 127 cm³/mol. The molecule has 4 aromatic rings. The predicted octanol–water partition coefficient (Wildman–Crippen LogP) is 7.18. The molecule has 0 amide bonds. The molecule has 0 spiro atoms. The van der Waals surface area contributed by atoms with Gasteiger partial charge in [-0.25, -0.2) is 9.37 Å². The van der Waals surface area contributed by atoms with Gasteiger partial charge in [0.2, 0.25) is 0 Å². The van der Waals surface area contributed by atoms with Gasteiger partial charge in [-0.05, 0) is 86.3 Å². The highest BCUT2D eigenvalue weighted by Gasteiger charge is 2.12. The van der Waals surface area contributed by atoms with Crippen LogP contribution in [-0.2, 0) is 6.61 Å². The van der Waals surface area contributed by atoms with E-state index < -0.39 is 0 Å². The maximum absolute atomic E-state index is 13.4. The number of nitriles is 1. The van der Waals surface area contributed by atoms with Crippen LogP contribution in [-0.4, -0.2) is 9.97 Å². The summed E-state index contributed by atoms with van der Waals surface area (Å²) in [5.41, 5.74) is 4.51. The largest absolute Gasteiger partial charge is 0.487 e. The van der Waals surface area contributed by atoms with Crippen molar-refractivity contribution in [3.8, 4) is 11.8 Å². The lowest BCUT2D eigenvalue weighted by Gasteiger charge is -2.12. The first-order valence-corrected chi connectivity index (χ1v) is 11.0. The Bertz CT molecular complexity index is 1330. The number of benzene rings is 3. The Kier molecular flexibility index (Phi) is 6.21. The van der Waals surface area contributed by atoms with Crippen molar-refractivity contribution in [2.45, 2.75) is 13.5 Å². The van der Waals surface area contributed by atoms with Crippen LogP contribution in [0.1, 0.15) is 22.5 Å². The number of hydrogen-bond donors (Lipinski definition) is 1. The average Bonchev–Trinajstić information content (AvgIpc) is 3.14. The van der Waals surface area contributed by atoms with E-state index in [1.165, 1.54) is 17.7 Å². The van der Waals surface area contributed by atoms with E-state index in [0.717, 1.165) is 20.1 Å². The minimum absolute atomic E-state index is 0.337. The number of halogens is 3. The fraction of sp³-hybridized carbons (Fsp3) is 0.0833. The number of ether oxygens (including phenoxy) is 1. The van der Waals surface area contributed by atoms with Gasteiger partial charge in [-0.15, -0.1) is 0 Å². The second-order valence-electron chi connectivity index (χ2n) is 7.01. The number of H-pyrrole nitrogens is 1. The monoisotopic (exact) mass is 539 g/mol. The molecule has 1 N–H and O–H groups in total. The molecule has 4 rings (SSSR count). The SMILES string of the molecule is Cc1cccc(COc2c(Br)cc(/C=C(/C#N)c3nc4ccc(F)cc4[nH]3)cc2Br)c1. The molecule has 7 heteroatoms. The standard InChI is InChI=1S/C24H16Br2FN3O/c1-14-3-2-4-15(7-14)13-31-23-19(25)9-16(10-20(23)26)8-17(12-28)24-29-21-6-5-18(27)11-22(21)30-24/h2-11H,13H2,1H3,(H,29,30)/b17-8-. The fourth-order valence-electron chi connectivity index (χ4n) is 3.19. The molecule has 0 bridgehead atoms. The van der Waals surface area contributed by atoms with Crippen molar-refractivity contribution in [3.05, 3.63) is 91.9 Å². The normalized spacial score (nSPS) is 11.5. The maximum atomic E-state index is 13.4. The van der Waals surface area contributed by atoms with Gasteiger partial charge in [-0.3, -0.25) is 0 Å². The summed E-state index contributed by atoms with van der Waals surface area (Å²) in [4.78, 5) is 7.39. The third-order valence-electron chi connectivity index (χ3n) is 4.62. The third kappa shape index (κ3) is 4.87. The van der Waals surface area contributed by atoms with Crippen LogP contribution < -0.4 is 4.74 Å². The van der Waals surface area contributed by atoms with Crippen LogP contribution in [0.4, 0.5) is 4.39 Å². The number of aromatic amines is 1. The van der Waals surface area contributed by atoms with Crippen molar-refractivity contribution >= 4 is 54.5 Å². The minimum Gasteiger partial charge on any atom is -0.487 e. The highest BCUT2D eigenvalue weighted by molar-refractivity contribution is 9.11. The topological polar surface area (TPSA) is 61.7 Å². The molecule has 0 saturated carbocycles. The zero-order valence-corrected chi connectivity index (χ0v) is 19.6. The smallest absolute Gasteiger partial charge is 0.149 e. The number of aryl methyl sites for hydroxylation is 1. The molecule has 3 aromatic carbocycles. The van der Waals surface area contributed by atoms with Gasteiger partial charge in [0.05, 0.1) is 25.6 Å². The summed E-state index contributed by atoms with van der Waals surface area (Å²) < 4.78 is 20.9. The molecule has 0 aliphatic heterocycles. The molecule has 0 saturated heterocycles. The van der Waals surface area contributed by atoms with E-state index in [2.05, 4.69) is 54.0 Å². The van der Waals surface area contributed by atoms with E-state index in [1.807, 2.05) is 37.3 Å². The lowest BCUT2D eigenvalue weighted by atomic mass is 10.1. The summed E-state index contributed by atoms with van der Waals surface area (Å²) in [6.07, 6.45) is 1.72. The van der Waals surface area contributed by atoms with Gasteiger partial charge in [0, 0.05) is 0 Å². The lowest BCUT2D eigenvalue weighted by molar-refractivity contribution is 0.302. The Morgan fingerprint density at radius 1 is 1.16 bits per heavy atom. The summed E-state index contributed by atoms with van der Waals surface area (Å²) in [5, 5.41) is 9.65. The summed E-state index contributed by atoms with van der Waals surface area (Å²) in [6.45, 7) is 2.48. The number of rotatable bonds is 5. The van der Waals surface area contributed by atoms with E-state index in [4.69, 9.17) is 4.74 Å². The van der Waals surface area contributed by atoms with Crippen LogP contribution in [0.2, 0.25) is 0 Å². The van der Waals surface area contributed by atoms with Gasteiger partial charge in [-0.2, -0.15) is 5.26 Å². The number of nitrogens with zero attached hydrogens (tertiary/aromatic N) is 2. The number of nitrogens with one attached hydrogen (secondary N) is 1. The number of fused-ring (bicyclic) bond motifs is 1. The van der Waals surface area contributed by atoms with Crippen LogP contribution in [0.15, 0.2) is 63.5 Å². The van der Waals surface area contributed by atoms with E-state index in [1.54, 1.807) is 12.1 Å². The quantitative estimate of drug-likeness (QED) is 0.273. The molecule has 154 valence electrons. The molecule has 1 heterocycles. The van der Waals surface area contributed by atoms with E-state index in [9.17, 15) is 9.65 Å². The Hall–Kier alpha value is -2.95. The second kappa shape index (κ2) is 9.04. The van der Waals surface area contributed by atoms with Gasteiger partial charge in [0.1, 0.15) is 30.1 Å². The van der Waals surface area contributed by atoms with E-state index in [-0.39, 0.29) is 5.82 Å². The van der Waals surface area contributed by atoms with E-state index >= 15 is 0 Å². The summed E-state index contributed by atoms with van der Waals surface area (Å²) >= 11 is 7.12. The van der Waals surface area contributed by atoms with Gasteiger partial charge >= 0.3 is 0 Å². The molecular weight excluding hydrogens is 525 g/mol. The number of hydrogen-bond acceptors (Lipinski definition) is 3. The van der Waals surface area contributed by atoms with Crippen molar-refractivity contribution in [3.63, 3.8) is 0 Å². The molecule has 0 radical (unpaired) electrons. The van der Waals surface area contributed by atoms with Gasteiger partial charge in [0.25, 0.3) is 0 Å². The highest BCUT2D eigenvalue weighted by atomic mass is 79.9. The van der Waals surface area contributed by atoms with Gasteiger partial charge in [0.15, 0.2) is 0 Å². The van der Waals surface area contributed by atoms with Gasteiger partial charge < -0.3 is 9.72 Å². The first kappa shape index (κ1) is 21.3. The number of aromatic nitrogens is 2. The molecule has 0 unspecified atom stereocenters. The van der Waals surface area contributed by atoms with Crippen molar-refractivity contribution in [1.82, 2.24) is 9.97 Å². The molecule has 0 fully saturated rings. The highest BCUT2D eigenvalue weighted by Crippen LogP contribution is 2.36. The molecule has 0 aliphatic carbocycles. The number of imidazole rings is 1. The van der Waals surface area contributed by atoms with Crippen molar-refractivity contribution in [1.29, 1.82) is 5.26 Å². The summed E-state index contributed by atoms with van der Waals surface area (Å²) in [5.74, 6) is 0.700. The third-order valence-corrected chi connectivity index (χ3v) is 5.79. The molecule has 31 heavy (non-hydrogen) atoms. The van der Waals surface area contributed by atoms with Crippen LogP contribution in [0.3, 0.4) is 0 Å². The first-order chi connectivity index (χ1) is 14.9. The Balaban J connectivity index is 1.61. The van der Waals surface area contributed by atoms with E-state index in [0.29, 0.717) is 34.8 Å². The lowest BCUT2D eigenvalue weighted by Crippen LogP contribution is -1.97. The average molecular weight is 541 g/mol. The van der Waals surface area contributed by atoms with Crippen molar-refractivity contribution in [2.75, 3.05) is 0 Å². The summed E-state index contributed by atoms with van der Waals surface area (Å²) in [7, 11) is 0. The molecule has 0 aliphatic rings. The Morgan fingerprint density at radius 2 is 1.94 bits per heavy atom. The zero-order valence-electron chi connectivity index (χ0n) is 16.4. The minimum atomic E-state index is -0.362. The number of allylic oxidation sites excluding steroid dienone is 1. The van der Waals surface area contributed by atoms with Crippen LogP contribution in [0, 0.1) is 24.1 Å². The van der Waals surface area contributed by atoms with Gasteiger partial charge in [-0.1, -0.05) is 29.8 Å². The van der Waals surface area contributed by atoms with Crippen LogP contribution in [0.25, 0.3) is 22.7 Å². The second-order valence-corrected chi connectivity index (χ2v) is 8.72. The Labute approximate surface area is 195 Å². The van der Waals surface area contributed by atoms with Crippen LogP contribution >= 0.6 is 31.9 Å². The Morgan fingerprint density at radius 3 is 2.65 bits per heavy atom. The molecule has 0 atom stereocenters. The molecule has 1 aromatic heterocycles. The van der Waals surface area contributed by atoms with Crippen molar-refractivity contribution in [2.24, 2.45) is 0 Å². The zero-order chi connectivity index (χ0) is 22.0. The van der Waals surface area contributed by atoms with Crippen LogP contribution in [0.5, 0.6) is 5.75 Å². The first-order valence-electron chi connectivity index (χ1n) is 9.38. The fourth-order valence-corrected chi connectivity index (χ4v) is 4.64. The molecule has 4 nitrogen and oxygen atoms in total. The molecular formula is C24H16Br2FN3O. The maximum Gasteiger partial charge on any atom is 0.149 e.